The molecule has 24 heavy (non-hydrogen) atoms. The van der Waals surface area contributed by atoms with Gasteiger partial charge in [-0.1, -0.05) is 17.8 Å². The number of rotatable bonds is 7. The largest absolute Gasteiger partial charge is 0.477 e. The molecule has 3 rings (SSSR count). The Bertz CT molecular complexity index is 681. The molecule has 3 atom stereocenters. The Hall–Kier alpha value is -1.16. The molecule has 2 N–H and O–H groups in total. The predicted octanol–water partition coefficient (Wildman–Crippen LogP) is 2.07. The van der Waals surface area contributed by atoms with Crippen LogP contribution in [-0.4, -0.2) is 55.0 Å². The van der Waals surface area contributed by atoms with Crippen LogP contribution in [0.2, 0.25) is 0 Å². The van der Waals surface area contributed by atoms with Gasteiger partial charge >= 0.3 is 5.97 Å². The van der Waals surface area contributed by atoms with E-state index < -0.39 is 18.0 Å². The lowest BCUT2D eigenvalue weighted by Crippen LogP contribution is -2.60. The minimum absolute atomic E-state index is 0.0553. The van der Waals surface area contributed by atoms with Crippen molar-refractivity contribution in [2.45, 2.75) is 23.4 Å². The number of amides is 1. The van der Waals surface area contributed by atoms with Crippen molar-refractivity contribution in [3.63, 3.8) is 0 Å². The number of aromatic nitrogens is 1. The van der Waals surface area contributed by atoms with E-state index in [0.29, 0.717) is 9.99 Å². The van der Waals surface area contributed by atoms with E-state index in [4.69, 9.17) is 0 Å². The molecule has 6 nitrogen and oxygen atoms in total. The molecule has 1 fully saturated rings. The minimum Gasteiger partial charge on any atom is -0.477 e. The maximum Gasteiger partial charge on any atom is 0.354 e. The monoisotopic (exact) mass is 384 g/mol. The number of thioether (sulfide) groups is 3. The average molecular weight is 385 g/mol. The number of hydrogen-bond donors (Lipinski definition) is 2. The molecule has 1 saturated heterocycles. The molecule has 0 bridgehead atoms. The number of nitrogens with zero attached hydrogens (tertiary/aromatic N) is 2. The number of aliphatic hydroxyl groups excluding tert-OH is 1. The molecule has 3 heterocycles. The summed E-state index contributed by atoms with van der Waals surface area (Å²) in [5.74, 6) is -0.420. The van der Waals surface area contributed by atoms with E-state index in [1.54, 1.807) is 24.9 Å². The first-order valence-electron chi connectivity index (χ1n) is 7.32. The highest BCUT2D eigenvalue weighted by molar-refractivity contribution is 8.23. The molecule has 128 valence electrons. The van der Waals surface area contributed by atoms with Crippen LogP contribution < -0.4 is 0 Å². The Morgan fingerprint density at radius 3 is 2.79 bits per heavy atom. The molecule has 0 aromatic carbocycles. The molecule has 1 amide bonds. The van der Waals surface area contributed by atoms with Crippen LogP contribution in [0.1, 0.15) is 6.92 Å². The summed E-state index contributed by atoms with van der Waals surface area (Å²) in [5, 5.41) is 19.8. The van der Waals surface area contributed by atoms with E-state index in [1.165, 1.54) is 28.4 Å². The third-order valence-corrected chi connectivity index (χ3v) is 7.54. The molecule has 2 aliphatic rings. The summed E-state index contributed by atoms with van der Waals surface area (Å²) < 4.78 is 0.644. The summed E-state index contributed by atoms with van der Waals surface area (Å²) in [6.45, 7) is 1.57. The third kappa shape index (κ3) is 3.30. The lowest BCUT2D eigenvalue weighted by molar-refractivity contribution is -0.156. The molecular formula is C15H16N2O4S3. The van der Waals surface area contributed by atoms with E-state index in [2.05, 4.69) is 4.98 Å². The molecule has 0 radical (unpaired) electrons. The van der Waals surface area contributed by atoms with Gasteiger partial charge in [-0.15, -0.1) is 23.5 Å². The van der Waals surface area contributed by atoms with Crippen LogP contribution >= 0.6 is 35.3 Å². The molecule has 0 saturated carbocycles. The van der Waals surface area contributed by atoms with Gasteiger partial charge in [-0.3, -0.25) is 9.69 Å². The maximum atomic E-state index is 12.1. The Morgan fingerprint density at radius 2 is 2.17 bits per heavy atom. The number of carbonyl (C=O) groups is 2. The second kappa shape index (κ2) is 7.38. The maximum absolute atomic E-state index is 12.1. The normalized spacial score (nSPS) is 23.9. The van der Waals surface area contributed by atoms with Crippen molar-refractivity contribution in [1.82, 2.24) is 9.88 Å². The van der Waals surface area contributed by atoms with Crippen LogP contribution in [0.3, 0.4) is 0 Å². The number of pyridine rings is 1. The van der Waals surface area contributed by atoms with Crippen LogP contribution in [0.25, 0.3) is 0 Å². The SMILES string of the molecule is CC(O)[C@H]1C(=O)N2C(C(=O)O)=C(SCCSc3ccccn3)S[C@H]12. The highest BCUT2D eigenvalue weighted by atomic mass is 32.2. The molecule has 0 aliphatic carbocycles. The van der Waals surface area contributed by atoms with Crippen LogP contribution in [0, 0.1) is 5.92 Å². The molecule has 2 aliphatic heterocycles. The standard InChI is InChI=1S/C15H16N2O4S3/c1-8(18)10-12(19)17-11(14(20)21)15(24-13(10)17)23-7-6-22-9-4-2-3-5-16-9/h2-5,8,10,13,18H,6-7H2,1H3,(H,20,21)/t8?,10-,13+/m0/s1. The molecular weight excluding hydrogens is 368 g/mol. The van der Waals surface area contributed by atoms with Gasteiger partial charge in [-0.25, -0.2) is 9.78 Å². The summed E-state index contributed by atoms with van der Waals surface area (Å²) in [6.07, 6.45) is 0.963. The van der Waals surface area contributed by atoms with E-state index in [0.717, 1.165) is 10.8 Å². The average Bonchev–Trinajstić information content (AvgIpc) is 2.86. The van der Waals surface area contributed by atoms with Crippen molar-refractivity contribution >= 4 is 47.2 Å². The number of carboxylic acid groups (broad SMARTS) is 1. The molecule has 1 unspecified atom stereocenters. The highest BCUT2D eigenvalue weighted by Gasteiger charge is 2.57. The van der Waals surface area contributed by atoms with Gasteiger partial charge < -0.3 is 10.2 Å². The van der Waals surface area contributed by atoms with Gasteiger partial charge in [0.05, 0.1) is 21.3 Å². The summed E-state index contributed by atoms with van der Waals surface area (Å²) in [6, 6.07) is 5.71. The predicted molar refractivity (Wildman–Crippen MR) is 95.5 cm³/mol. The Kier molecular flexibility index (Phi) is 5.43. The van der Waals surface area contributed by atoms with Gasteiger partial charge in [0.1, 0.15) is 5.37 Å². The number of fused-ring (bicyclic) bond motifs is 1. The number of carbonyl (C=O) groups excluding carboxylic acids is 1. The van der Waals surface area contributed by atoms with E-state index in [-0.39, 0.29) is 17.0 Å². The van der Waals surface area contributed by atoms with Gasteiger partial charge in [0.15, 0.2) is 5.70 Å². The van der Waals surface area contributed by atoms with Gasteiger partial charge in [0, 0.05) is 17.7 Å². The lowest BCUT2D eigenvalue weighted by atomic mass is 9.92. The Labute approximate surface area is 152 Å². The fourth-order valence-electron chi connectivity index (χ4n) is 2.56. The van der Waals surface area contributed by atoms with Crippen LogP contribution in [0.4, 0.5) is 0 Å². The molecule has 9 heteroatoms. The Balaban J connectivity index is 1.60. The number of hydrogen-bond acceptors (Lipinski definition) is 7. The van der Waals surface area contributed by atoms with Crippen LogP contribution in [-0.2, 0) is 9.59 Å². The minimum atomic E-state index is -1.10. The molecule has 1 aromatic heterocycles. The summed E-state index contributed by atoms with van der Waals surface area (Å²) in [5.41, 5.74) is 0.0553. The fourth-order valence-corrected chi connectivity index (χ4v) is 6.40. The van der Waals surface area contributed by atoms with Gasteiger partial charge in [0.2, 0.25) is 5.91 Å². The van der Waals surface area contributed by atoms with Crippen molar-refractivity contribution in [2.75, 3.05) is 11.5 Å². The first kappa shape index (κ1) is 17.7. The number of carboxylic acids is 1. The van der Waals surface area contributed by atoms with E-state index >= 15 is 0 Å². The van der Waals surface area contributed by atoms with Gasteiger partial charge in [0.25, 0.3) is 0 Å². The van der Waals surface area contributed by atoms with Gasteiger partial charge in [-0.05, 0) is 19.1 Å². The topological polar surface area (TPSA) is 90.7 Å². The summed E-state index contributed by atoms with van der Waals surface area (Å²) >= 11 is 4.41. The zero-order valence-corrected chi connectivity index (χ0v) is 15.2. The zero-order valence-electron chi connectivity index (χ0n) is 12.8. The van der Waals surface area contributed by atoms with Crippen molar-refractivity contribution in [2.24, 2.45) is 5.92 Å². The smallest absolute Gasteiger partial charge is 0.354 e. The third-order valence-electron chi connectivity index (χ3n) is 3.67. The first-order chi connectivity index (χ1) is 11.5. The van der Waals surface area contributed by atoms with Crippen molar-refractivity contribution in [3.8, 4) is 0 Å². The lowest BCUT2D eigenvalue weighted by Gasteiger charge is -2.43. The summed E-state index contributed by atoms with van der Waals surface area (Å²) in [7, 11) is 0. The quantitative estimate of drug-likeness (QED) is 0.419. The van der Waals surface area contributed by atoms with Crippen LogP contribution in [0.15, 0.2) is 39.4 Å². The fraction of sp³-hybridized carbons (Fsp3) is 0.400. The summed E-state index contributed by atoms with van der Waals surface area (Å²) in [4.78, 5) is 29.1. The first-order valence-corrected chi connectivity index (χ1v) is 10.2. The van der Waals surface area contributed by atoms with E-state index in [9.17, 15) is 19.8 Å². The zero-order chi connectivity index (χ0) is 17.3. The van der Waals surface area contributed by atoms with E-state index in [1.807, 2.05) is 18.2 Å². The number of aliphatic carboxylic acids is 1. The van der Waals surface area contributed by atoms with Gasteiger partial charge in [-0.2, -0.15) is 0 Å². The van der Waals surface area contributed by atoms with Crippen molar-refractivity contribution in [1.29, 1.82) is 0 Å². The Morgan fingerprint density at radius 1 is 1.42 bits per heavy atom. The van der Waals surface area contributed by atoms with Crippen molar-refractivity contribution < 1.29 is 19.8 Å². The second-order valence-electron chi connectivity index (χ2n) is 5.29. The number of aliphatic hydroxyl groups is 1. The highest BCUT2D eigenvalue weighted by Crippen LogP contribution is 2.53. The van der Waals surface area contributed by atoms with Crippen molar-refractivity contribution in [3.05, 3.63) is 34.3 Å². The molecule has 0 spiro atoms. The van der Waals surface area contributed by atoms with Crippen LogP contribution in [0.5, 0.6) is 0 Å². The molecule has 1 aromatic rings. The number of β-lactam (4-membered cyclic amide) rings is 1. The second-order valence-corrected chi connectivity index (χ2v) is 8.89.